The summed E-state index contributed by atoms with van der Waals surface area (Å²) < 4.78 is 6.91. The second kappa shape index (κ2) is 8.46. The molecule has 1 unspecified atom stereocenters. The summed E-state index contributed by atoms with van der Waals surface area (Å²) in [5, 5.41) is 0. The van der Waals surface area contributed by atoms with Gasteiger partial charge in [0.2, 0.25) is 0 Å². The van der Waals surface area contributed by atoms with Crippen molar-refractivity contribution in [3.63, 3.8) is 0 Å². The molecule has 0 radical (unpaired) electrons. The number of esters is 1. The van der Waals surface area contributed by atoms with Crippen LogP contribution in [-0.2, 0) is 14.3 Å². The normalized spacial score (nSPS) is 18.5. The number of ether oxygens (including phenoxy) is 1. The molecule has 0 fully saturated rings. The minimum Gasteiger partial charge on any atom is -0.466 e. The molecular weight excluding hydrogens is 462 g/mol. The molecule has 1 atom stereocenters. The molecule has 0 saturated heterocycles. The summed E-state index contributed by atoms with van der Waals surface area (Å²) >= 11 is 1.17. The first-order valence-electron chi connectivity index (χ1n) is 11.3. The highest BCUT2D eigenvalue weighted by atomic mass is 32.1. The standard InChI is InChI=1S/C27H25N3O4S/c1-14(2)16-10-12-17(13-11-16)22-20(26(33)34-5)15(3)28-27-30(22)25(32)23(35-27)21-18-8-6-7-9-19(18)29(4)24(21)31/h6-14,22H,1-5H3. The summed E-state index contributed by atoms with van der Waals surface area (Å²) in [5.74, 6) is -0.432. The van der Waals surface area contributed by atoms with Crippen LogP contribution in [0.25, 0.3) is 5.57 Å². The Morgan fingerprint density at radius 2 is 1.77 bits per heavy atom. The molecule has 3 heterocycles. The summed E-state index contributed by atoms with van der Waals surface area (Å²) in [5.41, 5.74) is 4.21. The molecule has 7 nitrogen and oxygen atoms in total. The first kappa shape index (κ1) is 23.0. The zero-order valence-electron chi connectivity index (χ0n) is 20.2. The summed E-state index contributed by atoms with van der Waals surface area (Å²) in [6.07, 6.45) is 0. The van der Waals surface area contributed by atoms with Crippen molar-refractivity contribution in [1.29, 1.82) is 0 Å². The molecule has 35 heavy (non-hydrogen) atoms. The lowest BCUT2D eigenvalue weighted by molar-refractivity contribution is -0.136. The number of nitrogens with zero attached hydrogens (tertiary/aromatic N) is 3. The Morgan fingerprint density at radius 3 is 2.43 bits per heavy atom. The van der Waals surface area contributed by atoms with Crippen molar-refractivity contribution in [2.45, 2.75) is 32.7 Å². The van der Waals surface area contributed by atoms with E-state index in [4.69, 9.17) is 4.74 Å². The summed E-state index contributed by atoms with van der Waals surface area (Å²) in [7, 11) is 3.02. The van der Waals surface area contributed by atoms with Crippen molar-refractivity contribution in [1.82, 2.24) is 4.57 Å². The van der Waals surface area contributed by atoms with Crippen molar-refractivity contribution >= 4 is 34.5 Å². The van der Waals surface area contributed by atoms with E-state index in [-0.39, 0.29) is 11.5 Å². The van der Waals surface area contributed by atoms with Gasteiger partial charge in [-0.15, -0.1) is 0 Å². The number of fused-ring (bicyclic) bond motifs is 2. The highest BCUT2D eigenvalue weighted by Crippen LogP contribution is 2.34. The molecular formula is C27H25N3O4S. The van der Waals surface area contributed by atoms with Crippen LogP contribution < -0.4 is 19.8 Å². The first-order chi connectivity index (χ1) is 16.7. The Bertz CT molecular complexity index is 1590. The maximum atomic E-state index is 13.9. The number of benzene rings is 2. The summed E-state index contributed by atoms with van der Waals surface area (Å²) in [4.78, 5) is 46.6. The Kier molecular flexibility index (Phi) is 5.56. The first-order valence-corrected chi connectivity index (χ1v) is 12.2. The van der Waals surface area contributed by atoms with Crippen LogP contribution in [0.15, 0.2) is 69.6 Å². The molecule has 1 aromatic heterocycles. The number of aromatic nitrogens is 1. The molecule has 5 rings (SSSR count). The SMILES string of the molecule is COC(=O)C1=C(C)N=c2sc(=C3C(=O)N(C)c4ccccc43)c(=O)n2C1c1ccc(C(C)C)cc1. The van der Waals surface area contributed by atoms with E-state index in [9.17, 15) is 14.4 Å². The van der Waals surface area contributed by atoms with Gasteiger partial charge in [-0.2, -0.15) is 0 Å². The Morgan fingerprint density at radius 1 is 1.09 bits per heavy atom. The van der Waals surface area contributed by atoms with Gasteiger partial charge in [0, 0.05) is 12.6 Å². The van der Waals surface area contributed by atoms with E-state index in [1.165, 1.54) is 23.0 Å². The maximum Gasteiger partial charge on any atom is 0.338 e. The second-order valence-corrected chi connectivity index (χ2v) is 9.95. The molecule has 0 aliphatic carbocycles. The number of carbonyl (C=O) groups excluding carboxylic acids is 2. The molecule has 0 bridgehead atoms. The average molecular weight is 488 g/mol. The Hall–Kier alpha value is -3.78. The summed E-state index contributed by atoms with van der Waals surface area (Å²) in [6, 6.07) is 14.6. The highest BCUT2D eigenvalue weighted by Gasteiger charge is 2.36. The fraction of sp³-hybridized carbons (Fsp3) is 0.259. The number of amides is 1. The lowest BCUT2D eigenvalue weighted by Crippen LogP contribution is -2.40. The smallest absolute Gasteiger partial charge is 0.338 e. The fourth-order valence-corrected chi connectivity index (χ4v) is 5.85. The van der Waals surface area contributed by atoms with Crippen molar-refractivity contribution in [2.75, 3.05) is 19.1 Å². The number of rotatable bonds is 3. The molecule has 3 aromatic rings. The third-order valence-electron chi connectivity index (χ3n) is 6.60. The summed E-state index contributed by atoms with van der Waals surface area (Å²) in [6.45, 7) is 5.96. The third-order valence-corrected chi connectivity index (χ3v) is 7.66. The largest absolute Gasteiger partial charge is 0.466 e. The number of methoxy groups -OCH3 is 1. The monoisotopic (exact) mass is 487 g/mol. The van der Waals surface area contributed by atoms with Crippen LogP contribution in [0.4, 0.5) is 5.69 Å². The van der Waals surface area contributed by atoms with Crippen LogP contribution in [0.2, 0.25) is 0 Å². The van der Waals surface area contributed by atoms with Gasteiger partial charge in [0.1, 0.15) is 4.53 Å². The number of allylic oxidation sites excluding steroid dienone is 1. The van der Waals surface area contributed by atoms with Gasteiger partial charge in [-0.3, -0.25) is 14.2 Å². The van der Waals surface area contributed by atoms with E-state index < -0.39 is 12.0 Å². The molecule has 8 heteroatoms. The quantitative estimate of drug-likeness (QED) is 0.532. The van der Waals surface area contributed by atoms with Crippen LogP contribution in [0.5, 0.6) is 0 Å². The molecule has 178 valence electrons. The van der Waals surface area contributed by atoms with E-state index in [2.05, 4.69) is 18.8 Å². The second-order valence-electron chi connectivity index (χ2n) is 8.97. The van der Waals surface area contributed by atoms with Gasteiger partial charge in [0.05, 0.1) is 35.7 Å². The lowest BCUT2D eigenvalue weighted by Gasteiger charge is -2.24. The molecule has 0 N–H and O–H groups in total. The van der Waals surface area contributed by atoms with Crippen LogP contribution in [0.1, 0.15) is 49.4 Å². The van der Waals surface area contributed by atoms with E-state index in [1.54, 1.807) is 18.9 Å². The maximum absolute atomic E-state index is 13.9. The number of carbonyl (C=O) groups is 2. The number of hydrogen-bond acceptors (Lipinski definition) is 6. The zero-order chi connectivity index (χ0) is 25.0. The minimum atomic E-state index is -0.709. The van der Waals surface area contributed by atoms with Gasteiger partial charge in [0.25, 0.3) is 11.5 Å². The van der Waals surface area contributed by atoms with Gasteiger partial charge in [-0.25, -0.2) is 9.79 Å². The van der Waals surface area contributed by atoms with Crippen LogP contribution >= 0.6 is 11.3 Å². The van der Waals surface area contributed by atoms with Gasteiger partial charge >= 0.3 is 5.97 Å². The van der Waals surface area contributed by atoms with E-state index >= 15 is 0 Å². The number of likely N-dealkylation sites (N-methyl/N-ethyl adjacent to an activating group) is 1. The van der Waals surface area contributed by atoms with Crippen molar-refractivity contribution < 1.29 is 14.3 Å². The fourth-order valence-electron chi connectivity index (χ4n) is 4.71. The predicted octanol–water partition coefficient (Wildman–Crippen LogP) is 2.88. The van der Waals surface area contributed by atoms with Gasteiger partial charge in [-0.1, -0.05) is 67.6 Å². The molecule has 0 spiro atoms. The van der Waals surface area contributed by atoms with Gasteiger partial charge in [0.15, 0.2) is 4.80 Å². The van der Waals surface area contributed by atoms with Crippen molar-refractivity contribution in [2.24, 2.45) is 4.99 Å². The molecule has 2 aliphatic rings. The van der Waals surface area contributed by atoms with E-state index in [0.717, 1.165) is 16.8 Å². The molecule has 2 aliphatic heterocycles. The van der Waals surface area contributed by atoms with E-state index in [0.29, 0.717) is 37.7 Å². The Labute approximate surface area is 206 Å². The van der Waals surface area contributed by atoms with Gasteiger partial charge in [-0.05, 0) is 30.0 Å². The number of anilines is 1. The number of hydrogen-bond donors (Lipinski definition) is 0. The van der Waals surface area contributed by atoms with Crippen molar-refractivity contribution in [3.05, 3.63) is 96.2 Å². The van der Waals surface area contributed by atoms with Crippen molar-refractivity contribution in [3.8, 4) is 0 Å². The number of thiazole rings is 1. The van der Waals surface area contributed by atoms with Gasteiger partial charge < -0.3 is 9.64 Å². The molecule has 0 saturated carbocycles. The van der Waals surface area contributed by atoms with Crippen LogP contribution in [0, 0.1) is 0 Å². The average Bonchev–Trinajstić information content (AvgIpc) is 3.30. The molecule has 1 amide bonds. The third kappa shape index (κ3) is 3.47. The van der Waals surface area contributed by atoms with Crippen LogP contribution in [0.3, 0.4) is 0 Å². The lowest BCUT2D eigenvalue weighted by atomic mass is 9.93. The Balaban J connectivity index is 1.81. The van der Waals surface area contributed by atoms with Crippen LogP contribution in [-0.4, -0.2) is 30.6 Å². The van der Waals surface area contributed by atoms with E-state index in [1.807, 2.05) is 48.5 Å². The highest BCUT2D eigenvalue weighted by molar-refractivity contribution is 7.07. The number of para-hydroxylation sites is 1. The molecule has 2 aromatic carbocycles. The predicted molar refractivity (Wildman–Crippen MR) is 135 cm³/mol. The topological polar surface area (TPSA) is 81.0 Å². The minimum absolute atomic E-state index is 0.238. The zero-order valence-corrected chi connectivity index (χ0v) is 21.0.